The number of benzene rings is 1. The van der Waals surface area contributed by atoms with Gasteiger partial charge in [-0.25, -0.2) is 0 Å². The van der Waals surface area contributed by atoms with Gasteiger partial charge in [0.25, 0.3) is 0 Å². The van der Waals surface area contributed by atoms with Gasteiger partial charge < -0.3 is 14.4 Å². The molecule has 0 amide bonds. The summed E-state index contributed by atoms with van der Waals surface area (Å²) in [5, 5.41) is 10.7. The molecule has 1 saturated heterocycles. The van der Waals surface area contributed by atoms with E-state index in [0.29, 0.717) is 17.7 Å². The quantitative estimate of drug-likeness (QED) is 0.782. The third-order valence-electron chi connectivity index (χ3n) is 5.03. The van der Waals surface area contributed by atoms with E-state index in [0.717, 1.165) is 22.6 Å². The first-order valence-electron chi connectivity index (χ1n) is 6.99. The van der Waals surface area contributed by atoms with Crippen molar-refractivity contribution < 1.29 is 9.52 Å². The first kappa shape index (κ1) is 9.96. The lowest BCUT2D eigenvalue weighted by molar-refractivity contribution is 0.250. The Morgan fingerprint density at radius 3 is 3.11 bits per heavy atom. The molecule has 19 heavy (non-hydrogen) atoms. The highest BCUT2D eigenvalue weighted by molar-refractivity contribution is 5.90. The van der Waals surface area contributed by atoms with E-state index in [4.69, 9.17) is 4.42 Å². The normalized spacial score (nSPS) is 30.9. The fraction of sp³-hybridized carbons (Fsp3) is 0.375. The van der Waals surface area contributed by atoms with Crippen LogP contribution in [0.15, 0.2) is 28.8 Å². The Labute approximate surface area is 111 Å². The van der Waals surface area contributed by atoms with Crippen LogP contribution in [0.3, 0.4) is 0 Å². The molecule has 3 nitrogen and oxygen atoms in total. The Balaban J connectivity index is 1.81. The number of furan rings is 1. The van der Waals surface area contributed by atoms with Crippen molar-refractivity contribution in [3.05, 3.63) is 35.7 Å². The Bertz CT molecular complexity index is 715. The lowest BCUT2D eigenvalue weighted by Gasteiger charge is -2.29. The minimum absolute atomic E-state index is 0.307. The van der Waals surface area contributed by atoms with Gasteiger partial charge in [-0.2, -0.15) is 0 Å². The van der Waals surface area contributed by atoms with Gasteiger partial charge in [-0.1, -0.05) is 0 Å². The molecule has 1 aliphatic carbocycles. The van der Waals surface area contributed by atoms with Crippen LogP contribution in [0.25, 0.3) is 17.0 Å². The minimum Gasteiger partial charge on any atom is -0.508 e. The number of fused-ring (bicyclic) bond motifs is 5. The fourth-order valence-electron chi connectivity index (χ4n) is 4.26. The Morgan fingerprint density at radius 2 is 2.21 bits per heavy atom. The first-order valence-corrected chi connectivity index (χ1v) is 6.99. The molecule has 1 N–H and O–H groups in total. The number of aromatic hydroxyl groups is 1. The summed E-state index contributed by atoms with van der Waals surface area (Å²) in [5.41, 5.74) is 2.06. The summed E-state index contributed by atoms with van der Waals surface area (Å²) in [7, 11) is 0. The monoisotopic (exact) mass is 253 g/mol. The molecule has 1 saturated carbocycles. The van der Waals surface area contributed by atoms with E-state index in [9.17, 15) is 5.11 Å². The molecule has 3 heterocycles. The Hall–Kier alpha value is -1.90. The number of piperidine rings is 1. The van der Waals surface area contributed by atoms with E-state index >= 15 is 0 Å². The van der Waals surface area contributed by atoms with Crippen molar-refractivity contribution in [2.75, 3.05) is 6.54 Å². The highest BCUT2D eigenvalue weighted by Gasteiger charge is 2.47. The zero-order valence-corrected chi connectivity index (χ0v) is 10.5. The van der Waals surface area contributed by atoms with Crippen LogP contribution in [0, 0.1) is 5.92 Å². The van der Waals surface area contributed by atoms with Crippen molar-refractivity contribution in [1.29, 1.82) is 0 Å². The molecule has 1 aromatic heterocycles. The van der Waals surface area contributed by atoms with E-state index in [1.807, 2.05) is 12.1 Å². The van der Waals surface area contributed by atoms with Crippen LogP contribution in [0.2, 0.25) is 0 Å². The van der Waals surface area contributed by atoms with Gasteiger partial charge in [-0.3, -0.25) is 0 Å². The van der Waals surface area contributed by atoms with Crippen LogP contribution < -0.4 is 0 Å². The summed E-state index contributed by atoms with van der Waals surface area (Å²) in [6.45, 7) is 1.20. The van der Waals surface area contributed by atoms with Crippen LogP contribution in [0.5, 0.6) is 5.75 Å². The molecular weight excluding hydrogens is 238 g/mol. The lowest BCUT2D eigenvalue weighted by Crippen LogP contribution is -2.31. The summed E-state index contributed by atoms with van der Waals surface area (Å²) in [6.07, 6.45) is 6.95. The number of phenolic OH excluding ortho intramolecular Hbond substituents is 1. The van der Waals surface area contributed by atoms with E-state index in [1.165, 1.54) is 24.9 Å². The SMILES string of the molecule is Oc1ccc2oc3c(c2c1)C=CN1C[C@H]2CC1[C@H]3C2. The molecule has 2 bridgehead atoms. The maximum atomic E-state index is 9.69. The predicted molar refractivity (Wildman–Crippen MR) is 72.9 cm³/mol. The summed E-state index contributed by atoms with van der Waals surface area (Å²) >= 11 is 0. The smallest absolute Gasteiger partial charge is 0.135 e. The molecule has 96 valence electrons. The number of rotatable bonds is 0. The molecule has 0 spiro atoms. The van der Waals surface area contributed by atoms with E-state index in [2.05, 4.69) is 17.2 Å². The molecule has 2 fully saturated rings. The van der Waals surface area contributed by atoms with Crippen molar-refractivity contribution in [2.24, 2.45) is 5.92 Å². The molecule has 3 atom stereocenters. The van der Waals surface area contributed by atoms with Gasteiger partial charge in [0.1, 0.15) is 17.1 Å². The van der Waals surface area contributed by atoms with Gasteiger partial charge in [-0.15, -0.1) is 0 Å². The zero-order chi connectivity index (χ0) is 12.6. The molecule has 2 aliphatic heterocycles. The third kappa shape index (κ3) is 1.18. The van der Waals surface area contributed by atoms with Crippen molar-refractivity contribution in [1.82, 2.24) is 4.90 Å². The van der Waals surface area contributed by atoms with Gasteiger partial charge >= 0.3 is 0 Å². The number of phenols is 1. The van der Waals surface area contributed by atoms with Crippen LogP contribution >= 0.6 is 0 Å². The van der Waals surface area contributed by atoms with Crippen molar-refractivity contribution in [2.45, 2.75) is 24.8 Å². The fourth-order valence-corrected chi connectivity index (χ4v) is 4.26. The maximum absolute atomic E-state index is 9.69. The second-order valence-corrected chi connectivity index (χ2v) is 6.08. The Kier molecular flexibility index (Phi) is 1.65. The van der Waals surface area contributed by atoms with Crippen LogP contribution in [-0.2, 0) is 0 Å². The second kappa shape index (κ2) is 3.16. The molecular formula is C16H15NO2. The molecule has 3 aliphatic rings. The average molecular weight is 253 g/mol. The number of hydrogen-bond donors (Lipinski definition) is 1. The van der Waals surface area contributed by atoms with E-state index in [-0.39, 0.29) is 0 Å². The summed E-state index contributed by atoms with van der Waals surface area (Å²) in [6, 6.07) is 6.01. The van der Waals surface area contributed by atoms with Crippen molar-refractivity contribution in [3.63, 3.8) is 0 Å². The minimum atomic E-state index is 0.307. The zero-order valence-electron chi connectivity index (χ0n) is 10.5. The standard InChI is InChI=1S/C16H15NO2/c18-10-1-2-15-12(7-10)11-3-4-17-8-9-5-13(14(17)6-9)16(11)19-15/h1-4,7,9,13-14,18H,5-6,8H2/t9-,13-,14?/m1/s1. The number of nitrogens with zero attached hydrogens (tertiary/aromatic N) is 1. The van der Waals surface area contributed by atoms with Crippen molar-refractivity contribution >= 4 is 17.0 Å². The second-order valence-electron chi connectivity index (χ2n) is 6.08. The van der Waals surface area contributed by atoms with Gasteiger partial charge in [0.2, 0.25) is 0 Å². The van der Waals surface area contributed by atoms with E-state index < -0.39 is 0 Å². The lowest BCUT2D eigenvalue weighted by atomic mass is 9.94. The largest absolute Gasteiger partial charge is 0.508 e. The molecule has 3 heteroatoms. The molecule has 0 radical (unpaired) electrons. The summed E-state index contributed by atoms with van der Waals surface area (Å²) in [5.74, 6) is 2.79. The number of hydrogen-bond acceptors (Lipinski definition) is 3. The van der Waals surface area contributed by atoms with Crippen molar-refractivity contribution in [3.8, 4) is 5.75 Å². The predicted octanol–water partition coefficient (Wildman–Crippen LogP) is 3.30. The van der Waals surface area contributed by atoms with Gasteiger partial charge in [-0.05, 0) is 43.0 Å². The molecule has 5 rings (SSSR count). The first-order chi connectivity index (χ1) is 9.29. The molecule has 2 aromatic rings. The summed E-state index contributed by atoms with van der Waals surface area (Å²) < 4.78 is 6.12. The molecule has 1 aromatic carbocycles. The Morgan fingerprint density at radius 1 is 1.26 bits per heavy atom. The average Bonchev–Trinajstić information content (AvgIpc) is 3.05. The van der Waals surface area contributed by atoms with Crippen LogP contribution in [0.1, 0.15) is 30.1 Å². The summed E-state index contributed by atoms with van der Waals surface area (Å²) in [4.78, 5) is 2.48. The van der Waals surface area contributed by atoms with Crippen LogP contribution in [-0.4, -0.2) is 22.6 Å². The van der Waals surface area contributed by atoms with Crippen LogP contribution in [0.4, 0.5) is 0 Å². The highest BCUT2D eigenvalue weighted by Crippen LogP contribution is 2.51. The van der Waals surface area contributed by atoms with E-state index in [1.54, 1.807) is 6.07 Å². The van der Waals surface area contributed by atoms with Gasteiger partial charge in [0.05, 0.1) is 0 Å². The van der Waals surface area contributed by atoms with Gasteiger partial charge in [0, 0.05) is 35.7 Å². The maximum Gasteiger partial charge on any atom is 0.135 e. The van der Waals surface area contributed by atoms with Gasteiger partial charge in [0.15, 0.2) is 0 Å². The highest BCUT2D eigenvalue weighted by atomic mass is 16.3. The third-order valence-corrected chi connectivity index (χ3v) is 5.03. The molecule has 1 unspecified atom stereocenters. The topological polar surface area (TPSA) is 36.6 Å².